The van der Waals surface area contributed by atoms with E-state index in [1.807, 2.05) is 0 Å². The van der Waals surface area contributed by atoms with Gasteiger partial charge in [0.25, 0.3) is 5.91 Å². The molecule has 0 spiro atoms. The number of rotatable bonds is 4. The standard InChI is InChI=1S/C21H18F4N4O3S/c22-16-2-1-3-18(14-16)33(31,32)28-12-10-27(11-13-28)20(30)15-4-6-17(7-5-15)29-9-8-19(26-29)21(23,24)25/h1-9,14H,10-13H2. The van der Waals surface area contributed by atoms with E-state index in [0.29, 0.717) is 11.3 Å². The number of aromatic nitrogens is 2. The lowest BCUT2D eigenvalue weighted by atomic mass is 10.1. The van der Waals surface area contributed by atoms with E-state index in [1.165, 1.54) is 51.8 Å². The summed E-state index contributed by atoms with van der Waals surface area (Å²) in [6.07, 6.45) is -3.37. The zero-order valence-electron chi connectivity index (χ0n) is 17.0. The van der Waals surface area contributed by atoms with Gasteiger partial charge in [-0.1, -0.05) is 6.07 Å². The summed E-state index contributed by atoms with van der Waals surface area (Å²) in [7, 11) is -3.88. The molecule has 1 aliphatic rings. The van der Waals surface area contributed by atoms with Crippen molar-refractivity contribution in [2.75, 3.05) is 26.2 Å². The molecule has 4 rings (SSSR count). The summed E-state index contributed by atoms with van der Waals surface area (Å²) in [6, 6.07) is 11.5. The van der Waals surface area contributed by atoms with Crippen LogP contribution in [0.5, 0.6) is 0 Å². The maximum atomic E-state index is 13.4. The van der Waals surface area contributed by atoms with Crippen molar-refractivity contribution >= 4 is 15.9 Å². The highest BCUT2D eigenvalue weighted by Gasteiger charge is 2.34. The Bertz CT molecular complexity index is 1270. The summed E-state index contributed by atoms with van der Waals surface area (Å²) in [5.41, 5.74) is -0.356. The van der Waals surface area contributed by atoms with Crippen LogP contribution in [0, 0.1) is 5.82 Å². The lowest BCUT2D eigenvalue weighted by Crippen LogP contribution is -2.50. The number of nitrogens with zero attached hydrogens (tertiary/aromatic N) is 4. The molecule has 1 aromatic heterocycles. The van der Waals surface area contributed by atoms with Crippen LogP contribution in [0.25, 0.3) is 5.69 Å². The van der Waals surface area contributed by atoms with Gasteiger partial charge in [0.2, 0.25) is 10.0 Å². The van der Waals surface area contributed by atoms with Crippen LogP contribution in [-0.4, -0.2) is 59.5 Å². The van der Waals surface area contributed by atoms with Gasteiger partial charge < -0.3 is 4.90 Å². The minimum atomic E-state index is -4.55. The van der Waals surface area contributed by atoms with Gasteiger partial charge in [0.1, 0.15) is 5.82 Å². The predicted molar refractivity (Wildman–Crippen MR) is 110 cm³/mol. The Morgan fingerprint density at radius 3 is 2.18 bits per heavy atom. The van der Waals surface area contributed by atoms with Crippen molar-refractivity contribution in [1.82, 2.24) is 19.0 Å². The van der Waals surface area contributed by atoms with E-state index in [2.05, 4.69) is 5.10 Å². The average molecular weight is 482 g/mol. The van der Waals surface area contributed by atoms with Crippen molar-refractivity contribution < 1.29 is 30.8 Å². The Morgan fingerprint density at radius 1 is 0.939 bits per heavy atom. The highest BCUT2D eigenvalue weighted by atomic mass is 32.2. The molecule has 0 aliphatic carbocycles. The quantitative estimate of drug-likeness (QED) is 0.536. The molecule has 0 unspecified atom stereocenters. The summed E-state index contributed by atoms with van der Waals surface area (Å²) < 4.78 is 79.3. The first-order chi connectivity index (χ1) is 15.6. The van der Waals surface area contributed by atoms with E-state index in [4.69, 9.17) is 0 Å². The van der Waals surface area contributed by atoms with Crippen molar-refractivity contribution in [1.29, 1.82) is 0 Å². The number of amides is 1. The molecule has 12 heteroatoms. The Morgan fingerprint density at radius 2 is 1.61 bits per heavy atom. The van der Waals surface area contributed by atoms with Crippen molar-refractivity contribution in [3.05, 3.63) is 77.9 Å². The lowest BCUT2D eigenvalue weighted by molar-refractivity contribution is -0.141. The monoisotopic (exact) mass is 482 g/mol. The minimum Gasteiger partial charge on any atom is -0.336 e. The average Bonchev–Trinajstić information content (AvgIpc) is 3.30. The maximum Gasteiger partial charge on any atom is 0.435 e. The first-order valence-corrected chi connectivity index (χ1v) is 11.3. The van der Waals surface area contributed by atoms with Crippen LogP contribution in [0.2, 0.25) is 0 Å². The highest BCUT2D eigenvalue weighted by molar-refractivity contribution is 7.89. The van der Waals surface area contributed by atoms with Gasteiger partial charge in [0, 0.05) is 37.9 Å². The van der Waals surface area contributed by atoms with Crippen LogP contribution in [0.4, 0.5) is 17.6 Å². The normalized spacial score (nSPS) is 15.6. The molecule has 1 amide bonds. The fourth-order valence-corrected chi connectivity index (χ4v) is 4.92. The number of carbonyl (C=O) groups excluding carboxylic acids is 1. The van der Waals surface area contributed by atoms with E-state index < -0.39 is 27.7 Å². The second-order valence-electron chi connectivity index (χ2n) is 7.34. The molecule has 7 nitrogen and oxygen atoms in total. The van der Waals surface area contributed by atoms with Gasteiger partial charge in [-0.05, 0) is 48.5 Å². The molecule has 2 aromatic carbocycles. The molecule has 0 atom stereocenters. The van der Waals surface area contributed by atoms with E-state index in [9.17, 15) is 30.8 Å². The van der Waals surface area contributed by atoms with E-state index in [0.717, 1.165) is 22.9 Å². The summed E-state index contributed by atoms with van der Waals surface area (Å²) in [5, 5.41) is 3.49. The third-order valence-electron chi connectivity index (χ3n) is 5.22. The molecular formula is C21H18F4N4O3S. The van der Waals surface area contributed by atoms with E-state index in [-0.39, 0.29) is 37.0 Å². The third kappa shape index (κ3) is 4.76. The van der Waals surface area contributed by atoms with Crippen LogP contribution in [-0.2, 0) is 16.2 Å². The fourth-order valence-electron chi connectivity index (χ4n) is 3.47. The number of piperazine rings is 1. The van der Waals surface area contributed by atoms with E-state index in [1.54, 1.807) is 0 Å². The molecule has 0 radical (unpaired) electrons. The first-order valence-electron chi connectivity index (χ1n) is 9.84. The molecule has 0 bridgehead atoms. The molecule has 33 heavy (non-hydrogen) atoms. The maximum absolute atomic E-state index is 13.4. The first kappa shape index (κ1) is 22.9. The molecule has 1 aliphatic heterocycles. The molecule has 174 valence electrons. The molecule has 0 saturated carbocycles. The summed E-state index contributed by atoms with van der Waals surface area (Å²) in [6.45, 7) is 0.388. The predicted octanol–water partition coefficient (Wildman–Crippen LogP) is 3.18. The Kier molecular flexibility index (Phi) is 5.97. The second-order valence-corrected chi connectivity index (χ2v) is 9.28. The van der Waals surface area contributed by atoms with Crippen molar-refractivity contribution in [3.8, 4) is 5.69 Å². The van der Waals surface area contributed by atoms with Crippen LogP contribution in [0.1, 0.15) is 16.1 Å². The molecule has 1 fully saturated rings. The molecule has 0 N–H and O–H groups in total. The fraction of sp³-hybridized carbons (Fsp3) is 0.238. The molecule has 1 saturated heterocycles. The van der Waals surface area contributed by atoms with Gasteiger partial charge in [-0.2, -0.15) is 22.6 Å². The van der Waals surface area contributed by atoms with Crippen LogP contribution in [0.15, 0.2) is 65.7 Å². The Hall–Kier alpha value is -3.25. The smallest absolute Gasteiger partial charge is 0.336 e. The molecule has 2 heterocycles. The van der Waals surface area contributed by atoms with E-state index >= 15 is 0 Å². The number of hydrogen-bond donors (Lipinski definition) is 0. The van der Waals surface area contributed by atoms with Gasteiger partial charge in [0.05, 0.1) is 10.6 Å². The summed E-state index contributed by atoms with van der Waals surface area (Å²) in [4.78, 5) is 14.1. The highest BCUT2D eigenvalue weighted by Crippen LogP contribution is 2.28. The van der Waals surface area contributed by atoms with Crippen LogP contribution in [0.3, 0.4) is 0 Å². The molecule has 3 aromatic rings. The number of benzene rings is 2. The SMILES string of the molecule is O=C(c1ccc(-n2ccc(C(F)(F)F)n2)cc1)N1CCN(S(=O)(=O)c2cccc(F)c2)CC1. The van der Waals surface area contributed by atoms with Gasteiger partial charge >= 0.3 is 6.18 Å². The van der Waals surface area contributed by atoms with Gasteiger partial charge in [-0.25, -0.2) is 17.5 Å². The number of hydrogen-bond acceptors (Lipinski definition) is 4. The van der Waals surface area contributed by atoms with Crippen molar-refractivity contribution in [2.24, 2.45) is 0 Å². The topological polar surface area (TPSA) is 75.5 Å². The zero-order valence-corrected chi connectivity index (χ0v) is 17.9. The zero-order chi connectivity index (χ0) is 23.8. The largest absolute Gasteiger partial charge is 0.435 e. The van der Waals surface area contributed by atoms with Gasteiger partial charge in [0.15, 0.2) is 5.69 Å². The van der Waals surface area contributed by atoms with Crippen LogP contribution >= 0.6 is 0 Å². The Balaban J connectivity index is 1.41. The van der Waals surface area contributed by atoms with Crippen molar-refractivity contribution in [2.45, 2.75) is 11.1 Å². The second kappa shape index (κ2) is 8.60. The summed E-state index contributed by atoms with van der Waals surface area (Å²) >= 11 is 0. The third-order valence-corrected chi connectivity index (χ3v) is 7.11. The minimum absolute atomic E-state index is 0.0518. The number of alkyl halides is 3. The van der Waals surface area contributed by atoms with Crippen molar-refractivity contribution in [3.63, 3.8) is 0 Å². The number of halogens is 4. The molecular weight excluding hydrogens is 464 g/mol. The van der Waals surface area contributed by atoms with Crippen LogP contribution < -0.4 is 0 Å². The number of carbonyl (C=O) groups is 1. The lowest BCUT2D eigenvalue weighted by Gasteiger charge is -2.34. The summed E-state index contributed by atoms with van der Waals surface area (Å²) in [5.74, 6) is -0.987. The number of sulfonamides is 1. The van der Waals surface area contributed by atoms with Gasteiger partial charge in [-0.15, -0.1) is 0 Å². The van der Waals surface area contributed by atoms with Gasteiger partial charge in [-0.3, -0.25) is 4.79 Å². The Labute approximate surface area is 186 Å².